The molecule has 1 aromatic carbocycles. The van der Waals surface area contributed by atoms with Crippen molar-refractivity contribution in [2.75, 3.05) is 26.7 Å². The molecule has 2 aliphatic rings. The van der Waals surface area contributed by atoms with Crippen LogP contribution in [0.25, 0.3) is 0 Å². The van der Waals surface area contributed by atoms with Crippen molar-refractivity contribution < 1.29 is 14.3 Å². The van der Waals surface area contributed by atoms with E-state index in [9.17, 15) is 4.79 Å². The Bertz CT molecular complexity index is 852. The normalized spacial score (nSPS) is 21.1. The lowest BCUT2D eigenvalue weighted by Crippen LogP contribution is -2.42. The van der Waals surface area contributed by atoms with Gasteiger partial charge < -0.3 is 14.4 Å². The van der Waals surface area contributed by atoms with E-state index in [2.05, 4.69) is 16.0 Å². The van der Waals surface area contributed by atoms with Gasteiger partial charge in [-0.1, -0.05) is 29.8 Å². The number of carbonyl (C=O) groups excluding carboxylic acids is 1. The molecule has 0 spiro atoms. The van der Waals surface area contributed by atoms with Crippen molar-refractivity contribution in [3.05, 3.63) is 53.2 Å². The van der Waals surface area contributed by atoms with Gasteiger partial charge in [0.15, 0.2) is 0 Å². The molecule has 0 N–H and O–H groups in total. The van der Waals surface area contributed by atoms with Crippen LogP contribution < -0.4 is 9.47 Å². The van der Waals surface area contributed by atoms with Gasteiger partial charge in [0.25, 0.3) is 0 Å². The summed E-state index contributed by atoms with van der Waals surface area (Å²) in [6.07, 6.45) is 5.66. The maximum Gasteiger partial charge on any atom is 0.416 e. The number of amides is 1. The molecule has 1 amide bonds. The first-order valence-corrected chi connectivity index (χ1v) is 11.0. The number of aromatic nitrogens is 1. The molecule has 160 valence electrons. The van der Waals surface area contributed by atoms with Crippen LogP contribution in [0.3, 0.4) is 0 Å². The molecule has 1 saturated carbocycles. The molecule has 0 radical (unpaired) electrons. The third kappa shape index (κ3) is 5.24. The zero-order valence-corrected chi connectivity index (χ0v) is 18.1. The fourth-order valence-corrected chi connectivity index (χ4v) is 4.32. The van der Waals surface area contributed by atoms with E-state index in [1.54, 1.807) is 36.3 Å². The largest absolute Gasteiger partial charge is 0.489 e. The minimum Gasteiger partial charge on any atom is -0.489 e. The zero-order valence-electron chi connectivity index (χ0n) is 17.3. The van der Waals surface area contributed by atoms with Crippen molar-refractivity contribution in [1.82, 2.24) is 14.8 Å². The highest BCUT2D eigenvalue weighted by Crippen LogP contribution is 2.36. The van der Waals surface area contributed by atoms with Crippen molar-refractivity contribution in [3.63, 3.8) is 0 Å². The summed E-state index contributed by atoms with van der Waals surface area (Å²) >= 11 is 6.62. The fourth-order valence-electron chi connectivity index (χ4n) is 4.09. The van der Waals surface area contributed by atoms with Crippen LogP contribution in [0.5, 0.6) is 11.6 Å². The monoisotopic (exact) mass is 429 g/mol. The lowest BCUT2D eigenvalue weighted by molar-refractivity contribution is 0.0482. The molecule has 1 aromatic heterocycles. The first-order chi connectivity index (χ1) is 14.6. The summed E-state index contributed by atoms with van der Waals surface area (Å²) in [5, 5.41) is 0.726. The standard InChI is InChI=1S/C23H28ClN3O3/c1-26(23(28)30-21-9-2-3-10-25-21)15-17-13-19(14-17)29-20-8-6-7-18(22(20)24)16-27-11-4-5-12-27/h2-3,6-10,17,19H,4-5,11-16H2,1H3. The van der Waals surface area contributed by atoms with Gasteiger partial charge in [-0.25, -0.2) is 9.78 Å². The molecule has 1 aliphatic heterocycles. The van der Waals surface area contributed by atoms with Crippen LogP contribution in [0.2, 0.25) is 5.02 Å². The van der Waals surface area contributed by atoms with Gasteiger partial charge >= 0.3 is 6.09 Å². The number of hydrogen-bond acceptors (Lipinski definition) is 5. The minimum atomic E-state index is -0.393. The fraction of sp³-hybridized carbons (Fsp3) is 0.478. The molecule has 0 atom stereocenters. The van der Waals surface area contributed by atoms with Crippen LogP contribution in [0.15, 0.2) is 42.6 Å². The van der Waals surface area contributed by atoms with Crippen LogP contribution in [0, 0.1) is 5.92 Å². The highest BCUT2D eigenvalue weighted by Gasteiger charge is 2.33. The van der Waals surface area contributed by atoms with Crippen molar-refractivity contribution in [2.45, 2.75) is 38.3 Å². The topological polar surface area (TPSA) is 54.9 Å². The first-order valence-electron chi connectivity index (χ1n) is 10.6. The molecule has 30 heavy (non-hydrogen) atoms. The molecule has 2 heterocycles. The van der Waals surface area contributed by atoms with Crippen molar-refractivity contribution >= 4 is 17.7 Å². The first kappa shape index (κ1) is 20.9. The van der Waals surface area contributed by atoms with E-state index >= 15 is 0 Å². The summed E-state index contributed by atoms with van der Waals surface area (Å²) in [7, 11) is 1.75. The third-order valence-corrected chi connectivity index (χ3v) is 6.22. The molecule has 0 unspecified atom stereocenters. The summed E-state index contributed by atoms with van der Waals surface area (Å²) in [5.74, 6) is 1.47. The van der Waals surface area contributed by atoms with Crippen LogP contribution >= 0.6 is 11.6 Å². The maximum atomic E-state index is 12.2. The van der Waals surface area contributed by atoms with Gasteiger partial charge in [-0.05, 0) is 62.4 Å². The second-order valence-corrected chi connectivity index (χ2v) is 8.58. The third-order valence-electron chi connectivity index (χ3n) is 5.80. The molecule has 2 aromatic rings. The summed E-state index contributed by atoms with van der Waals surface area (Å²) in [4.78, 5) is 20.2. The van der Waals surface area contributed by atoms with Gasteiger partial charge in [-0.2, -0.15) is 0 Å². The van der Waals surface area contributed by atoms with E-state index in [1.165, 1.54) is 12.8 Å². The van der Waals surface area contributed by atoms with Gasteiger partial charge in [0, 0.05) is 32.4 Å². The summed E-state index contributed by atoms with van der Waals surface area (Å²) in [5.41, 5.74) is 1.13. The van der Waals surface area contributed by atoms with Gasteiger partial charge in [0.1, 0.15) is 5.75 Å². The smallest absolute Gasteiger partial charge is 0.416 e. The predicted molar refractivity (Wildman–Crippen MR) is 116 cm³/mol. The Morgan fingerprint density at radius 3 is 2.73 bits per heavy atom. The average molecular weight is 430 g/mol. The molecule has 6 nitrogen and oxygen atoms in total. The molecular formula is C23H28ClN3O3. The van der Waals surface area contributed by atoms with Crippen LogP contribution in [0.4, 0.5) is 4.79 Å². The number of halogens is 1. The molecule has 4 rings (SSSR count). The van der Waals surface area contributed by atoms with Crippen LogP contribution in [-0.4, -0.2) is 53.7 Å². The number of carbonyl (C=O) groups is 1. The Morgan fingerprint density at radius 1 is 1.20 bits per heavy atom. The number of hydrogen-bond donors (Lipinski definition) is 0. The molecule has 2 fully saturated rings. The number of rotatable bonds is 7. The predicted octanol–water partition coefficient (Wildman–Crippen LogP) is 4.62. The van der Waals surface area contributed by atoms with E-state index < -0.39 is 6.09 Å². The SMILES string of the molecule is CN(CC1CC(Oc2cccc(CN3CCCC3)c2Cl)C1)C(=O)Oc1ccccn1. The van der Waals surface area contributed by atoms with Crippen molar-refractivity contribution in [1.29, 1.82) is 0 Å². The van der Waals surface area contributed by atoms with Gasteiger partial charge in [-0.3, -0.25) is 4.90 Å². The molecule has 1 aliphatic carbocycles. The Hall–Kier alpha value is -2.31. The highest BCUT2D eigenvalue weighted by molar-refractivity contribution is 6.32. The number of pyridine rings is 1. The number of benzene rings is 1. The minimum absolute atomic E-state index is 0.134. The van der Waals surface area contributed by atoms with Gasteiger partial charge in [0.05, 0.1) is 11.1 Å². The molecule has 7 heteroatoms. The second kappa shape index (κ2) is 9.67. The maximum absolute atomic E-state index is 12.2. The Labute approximate surface area is 182 Å². The summed E-state index contributed by atoms with van der Waals surface area (Å²) < 4.78 is 11.4. The van der Waals surface area contributed by atoms with Crippen LogP contribution in [0.1, 0.15) is 31.2 Å². The lowest BCUT2D eigenvalue weighted by atomic mass is 9.82. The average Bonchev–Trinajstić information content (AvgIpc) is 3.23. The van der Waals surface area contributed by atoms with Gasteiger partial charge in [-0.15, -0.1) is 0 Å². The lowest BCUT2D eigenvalue weighted by Gasteiger charge is -2.37. The highest BCUT2D eigenvalue weighted by atomic mass is 35.5. The Morgan fingerprint density at radius 2 is 2.00 bits per heavy atom. The summed E-state index contributed by atoms with van der Waals surface area (Å²) in [6.45, 7) is 3.80. The number of ether oxygens (including phenoxy) is 2. The van der Waals surface area contributed by atoms with E-state index in [4.69, 9.17) is 21.1 Å². The second-order valence-electron chi connectivity index (χ2n) is 8.21. The van der Waals surface area contributed by atoms with E-state index in [1.807, 2.05) is 12.1 Å². The number of likely N-dealkylation sites (tertiary alicyclic amines) is 1. The molecular weight excluding hydrogens is 402 g/mol. The van der Waals surface area contributed by atoms with E-state index in [0.717, 1.165) is 48.8 Å². The molecule has 1 saturated heterocycles. The van der Waals surface area contributed by atoms with Crippen molar-refractivity contribution in [2.24, 2.45) is 5.92 Å². The summed E-state index contributed by atoms with van der Waals surface area (Å²) in [6, 6.07) is 11.3. The zero-order chi connectivity index (χ0) is 20.9. The quantitative estimate of drug-likeness (QED) is 0.642. The van der Waals surface area contributed by atoms with Crippen molar-refractivity contribution in [3.8, 4) is 11.6 Å². The van der Waals surface area contributed by atoms with E-state index in [-0.39, 0.29) is 6.10 Å². The van der Waals surface area contributed by atoms with Crippen LogP contribution in [-0.2, 0) is 6.54 Å². The van der Waals surface area contributed by atoms with E-state index in [0.29, 0.717) is 18.3 Å². The number of nitrogens with zero attached hydrogens (tertiary/aromatic N) is 3. The molecule has 0 bridgehead atoms. The Balaban J connectivity index is 1.23. The van der Waals surface area contributed by atoms with Gasteiger partial charge in [0.2, 0.25) is 5.88 Å². The Kier molecular flexibility index (Phi) is 6.75.